The Morgan fingerprint density at radius 2 is 2.03 bits per heavy atom. The highest BCUT2D eigenvalue weighted by molar-refractivity contribution is 5.78. The standard InChI is InChI=1S/C25H29FN2O4/c1-2-24(30)28-12-11-17-7-10-20(32-16-23(29)27-15-21-4-3-13-31-21)14-22(17)25(28)18-5-8-19(26)9-6-18/h5-10,14,21,25H,2-4,11-13,15-16H2,1H3,(H,27,29). The van der Waals surface area contributed by atoms with Crippen LogP contribution in [0.1, 0.15) is 48.9 Å². The van der Waals surface area contributed by atoms with Gasteiger partial charge in [0.1, 0.15) is 11.6 Å². The zero-order valence-corrected chi connectivity index (χ0v) is 18.3. The van der Waals surface area contributed by atoms with Crippen molar-refractivity contribution in [3.63, 3.8) is 0 Å². The fourth-order valence-electron chi connectivity index (χ4n) is 4.39. The predicted molar refractivity (Wildman–Crippen MR) is 118 cm³/mol. The molecular weight excluding hydrogens is 411 g/mol. The molecule has 0 aliphatic carbocycles. The minimum atomic E-state index is -0.316. The van der Waals surface area contributed by atoms with Gasteiger partial charge in [-0.1, -0.05) is 25.1 Å². The summed E-state index contributed by atoms with van der Waals surface area (Å²) in [6.45, 7) is 3.60. The zero-order valence-electron chi connectivity index (χ0n) is 18.3. The Morgan fingerprint density at radius 1 is 1.22 bits per heavy atom. The van der Waals surface area contributed by atoms with Gasteiger partial charge in [-0.3, -0.25) is 9.59 Å². The average Bonchev–Trinajstić information content (AvgIpc) is 3.34. The van der Waals surface area contributed by atoms with Crippen molar-refractivity contribution in [2.75, 3.05) is 26.3 Å². The zero-order chi connectivity index (χ0) is 22.5. The van der Waals surface area contributed by atoms with E-state index < -0.39 is 0 Å². The Hall–Kier alpha value is -2.93. The number of nitrogens with one attached hydrogen (secondary N) is 1. The topological polar surface area (TPSA) is 67.9 Å². The van der Waals surface area contributed by atoms with Crippen molar-refractivity contribution in [2.45, 2.75) is 44.8 Å². The van der Waals surface area contributed by atoms with Gasteiger partial charge in [-0.2, -0.15) is 0 Å². The number of benzene rings is 2. The van der Waals surface area contributed by atoms with E-state index >= 15 is 0 Å². The molecule has 2 atom stereocenters. The molecule has 32 heavy (non-hydrogen) atoms. The number of fused-ring (bicyclic) bond motifs is 1. The molecule has 0 radical (unpaired) electrons. The lowest BCUT2D eigenvalue weighted by molar-refractivity contribution is -0.133. The van der Waals surface area contributed by atoms with Gasteiger partial charge in [-0.15, -0.1) is 0 Å². The Morgan fingerprint density at radius 3 is 2.75 bits per heavy atom. The van der Waals surface area contributed by atoms with E-state index in [1.807, 2.05) is 30.0 Å². The van der Waals surface area contributed by atoms with E-state index in [4.69, 9.17) is 9.47 Å². The van der Waals surface area contributed by atoms with Crippen LogP contribution in [0.3, 0.4) is 0 Å². The van der Waals surface area contributed by atoms with Gasteiger partial charge >= 0.3 is 0 Å². The van der Waals surface area contributed by atoms with E-state index in [0.29, 0.717) is 25.3 Å². The first-order valence-corrected chi connectivity index (χ1v) is 11.2. The maximum atomic E-state index is 13.5. The average molecular weight is 441 g/mol. The third-order valence-electron chi connectivity index (χ3n) is 6.08. The lowest BCUT2D eigenvalue weighted by Crippen LogP contribution is -2.40. The molecule has 170 valence electrons. The van der Waals surface area contributed by atoms with Crippen molar-refractivity contribution >= 4 is 11.8 Å². The summed E-state index contributed by atoms with van der Waals surface area (Å²) in [4.78, 5) is 26.7. The maximum absolute atomic E-state index is 13.5. The monoisotopic (exact) mass is 440 g/mol. The molecule has 2 amide bonds. The van der Waals surface area contributed by atoms with Crippen LogP contribution in [0.2, 0.25) is 0 Å². The number of ether oxygens (including phenoxy) is 2. The van der Waals surface area contributed by atoms with Crippen molar-refractivity contribution in [3.8, 4) is 5.75 Å². The first-order chi connectivity index (χ1) is 15.5. The van der Waals surface area contributed by atoms with Crippen LogP contribution in [-0.2, 0) is 20.7 Å². The molecule has 2 aliphatic rings. The van der Waals surface area contributed by atoms with Gasteiger partial charge < -0.3 is 19.7 Å². The summed E-state index contributed by atoms with van der Waals surface area (Å²) in [5.41, 5.74) is 2.91. The number of hydrogen-bond acceptors (Lipinski definition) is 4. The number of rotatable bonds is 7. The molecule has 2 aromatic carbocycles. The Labute approximate surface area is 187 Å². The summed E-state index contributed by atoms with van der Waals surface area (Å²) in [5.74, 6) is 0.0964. The summed E-state index contributed by atoms with van der Waals surface area (Å²) in [5, 5.41) is 2.85. The largest absolute Gasteiger partial charge is 0.484 e. The lowest BCUT2D eigenvalue weighted by atomic mass is 9.87. The van der Waals surface area contributed by atoms with Gasteiger partial charge in [0.25, 0.3) is 5.91 Å². The summed E-state index contributed by atoms with van der Waals surface area (Å²) in [7, 11) is 0. The van der Waals surface area contributed by atoms with Crippen molar-refractivity contribution < 1.29 is 23.5 Å². The number of nitrogens with zero attached hydrogens (tertiary/aromatic N) is 1. The molecule has 2 heterocycles. The van der Waals surface area contributed by atoms with E-state index in [9.17, 15) is 14.0 Å². The van der Waals surface area contributed by atoms with E-state index in [0.717, 1.165) is 42.6 Å². The van der Waals surface area contributed by atoms with Crippen LogP contribution in [-0.4, -0.2) is 49.1 Å². The minimum absolute atomic E-state index is 0.0461. The second-order valence-electron chi connectivity index (χ2n) is 8.23. The van der Waals surface area contributed by atoms with E-state index in [-0.39, 0.29) is 36.4 Å². The van der Waals surface area contributed by atoms with E-state index in [1.165, 1.54) is 12.1 Å². The molecule has 1 N–H and O–H groups in total. The molecule has 0 saturated carbocycles. The van der Waals surface area contributed by atoms with Crippen molar-refractivity contribution in [1.29, 1.82) is 0 Å². The molecule has 6 nitrogen and oxygen atoms in total. The summed E-state index contributed by atoms with van der Waals surface area (Å²) in [6.07, 6.45) is 3.21. The number of carbonyl (C=O) groups is 2. The SMILES string of the molecule is CCC(=O)N1CCc2ccc(OCC(=O)NCC3CCCO3)cc2C1c1ccc(F)cc1. The smallest absolute Gasteiger partial charge is 0.258 e. The first kappa shape index (κ1) is 22.3. The van der Waals surface area contributed by atoms with Gasteiger partial charge in [-0.05, 0) is 60.2 Å². The lowest BCUT2D eigenvalue weighted by Gasteiger charge is -2.38. The third kappa shape index (κ3) is 5.10. The summed E-state index contributed by atoms with van der Waals surface area (Å²) < 4.78 is 24.8. The molecular formula is C25H29FN2O4. The van der Waals surface area contributed by atoms with Crippen molar-refractivity contribution in [2.24, 2.45) is 0 Å². The summed E-state index contributed by atoms with van der Waals surface area (Å²) >= 11 is 0. The minimum Gasteiger partial charge on any atom is -0.484 e. The fraction of sp³-hybridized carbons (Fsp3) is 0.440. The Balaban J connectivity index is 1.50. The Bertz CT molecular complexity index is 957. The molecule has 0 spiro atoms. The third-order valence-corrected chi connectivity index (χ3v) is 6.08. The van der Waals surface area contributed by atoms with Crippen LogP contribution in [0.5, 0.6) is 5.75 Å². The molecule has 2 aliphatic heterocycles. The normalized spacial score (nSPS) is 20.0. The van der Waals surface area contributed by atoms with Crippen LogP contribution in [0.4, 0.5) is 4.39 Å². The molecule has 2 unspecified atom stereocenters. The van der Waals surface area contributed by atoms with Gasteiger partial charge in [-0.25, -0.2) is 4.39 Å². The quantitative estimate of drug-likeness (QED) is 0.717. The molecule has 4 rings (SSSR count). The van der Waals surface area contributed by atoms with Crippen LogP contribution >= 0.6 is 0 Å². The van der Waals surface area contributed by atoms with Gasteiger partial charge in [0.15, 0.2) is 6.61 Å². The van der Waals surface area contributed by atoms with E-state index in [2.05, 4.69) is 5.32 Å². The number of halogens is 1. The molecule has 1 saturated heterocycles. The highest BCUT2D eigenvalue weighted by Gasteiger charge is 2.31. The second kappa shape index (κ2) is 10.1. The highest BCUT2D eigenvalue weighted by Crippen LogP contribution is 2.37. The van der Waals surface area contributed by atoms with Gasteiger partial charge in [0, 0.05) is 26.1 Å². The summed E-state index contributed by atoms with van der Waals surface area (Å²) in [6, 6.07) is 11.7. The molecule has 1 fully saturated rings. The number of hydrogen-bond donors (Lipinski definition) is 1. The predicted octanol–water partition coefficient (Wildman–Crippen LogP) is 3.38. The van der Waals surface area contributed by atoms with Crippen LogP contribution < -0.4 is 10.1 Å². The first-order valence-electron chi connectivity index (χ1n) is 11.2. The van der Waals surface area contributed by atoms with Crippen molar-refractivity contribution in [3.05, 3.63) is 65.0 Å². The fourth-order valence-corrected chi connectivity index (χ4v) is 4.39. The maximum Gasteiger partial charge on any atom is 0.258 e. The highest BCUT2D eigenvalue weighted by atomic mass is 19.1. The molecule has 0 bridgehead atoms. The number of carbonyl (C=O) groups excluding carboxylic acids is 2. The van der Waals surface area contributed by atoms with Crippen LogP contribution in [0.25, 0.3) is 0 Å². The van der Waals surface area contributed by atoms with E-state index in [1.54, 1.807) is 12.1 Å². The second-order valence-corrected chi connectivity index (χ2v) is 8.23. The van der Waals surface area contributed by atoms with Crippen LogP contribution in [0.15, 0.2) is 42.5 Å². The van der Waals surface area contributed by atoms with Crippen LogP contribution in [0, 0.1) is 5.82 Å². The molecule has 7 heteroatoms. The van der Waals surface area contributed by atoms with Crippen molar-refractivity contribution in [1.82, 2.24) is 10.2 Å². The number of amides is 2. The Kier molecular flexibility index (Phi) is 7.05. The molecule has 0 aromatic heterocycles. The molecule has 2 aromatic rings. The van der Waals surface area contributed by atoms with Gasteiger partial charge in [0.2, 0.25) is 5.91 Å². The van der Waals surface area contributed by atoms with Gasteiger partial charge in [0.05, 0.1) is 12.1 Å².